The van der Waals surface area contributed by atoms with Gasteiger partial charge in [-0.1, -0.05) is 60.3 Å². The van der Waals surface area contributed by atoms with E-state index in [1.807, 2.05) is 60.7 Å². The number of ether oxygens (including phenoxy) is 1. The third-order valence-corrected chi connectivity index (χ3v) is 4.54. The molecule has 3 aromatic rings. The van der Waals surface area contributed by atoms with Crippen molar-refractivity contribution >= 4 is 11.8 Å². The van der Waals surface area contributed by atoms with E-state index in [9.17, 15) is 4.79 Å². The smallest absolute Gasteiger partial charge is 0.199 e. The Morgan fingerprint density at radius 3 is 2.33 bits per heavy atom. The summed E-state index contributed by atoms with van der Waals surface area (Å²) < 4.78 is 11.5. The van der Waals surface area contributed by atoms with Crippen LogP contribution in [0.2, 0.25) is 0 Å². The maximum absolute atomic E-state index is 12.4. The van der Waals surface area contributed by atoms with Crippen LogP contribution in [0.4, 0.5) is 0 Å². The van der Waals surface area contributed by atoms with Gasteiger partial charge in [-0.05, 0) is 24.6 Å². The molecule has 0 atom stereocenters. The van der Waals surface area contributed by atoms with Crippen molar-refractivity contribution in [3.05, 3.63) is 94.0 Å². The van der Waals surface area contributed by atoms with Crippen LogP contribution in [-0.2, 0) is 18.0 Å². The Morgan fingerprint density at radius 1 is 0.958 bits per heavy atom. The average Bonchev–Trinajstić information content (AvgIpc) is 2.60. The van der Waals surface area contributed by atoms with Gasteiger partial charge in [-0.2, -0.15) is 0 Å². The maximum Gasteiger partial charge on any atom is 0.199 e. The third kappa shape index (κ3) is 4.37. The monoisotopic (exact) mass is 338 g/mol. The molecular weight excluding hydrogens is 320 g/mol. The van der Waals surface area contributed by atoms with Crippen LogP contribution in [0, 0.1) is 6.92 Å². The van der Waals surface area contributed by atoms with Crippen molar-refractivity contribution in [2.75, 3.05) is 0 Å². The second-order valence-electron chi connectivity index (χ2n) is 5.37. The van der Waals surface area contributed by atoms with Crippen LogP contribution in [0.25, 0.3) is 0 Å². The molecule has 0 unspecified atom stereocenters. The minimum atomic E-state index is -0.0362. The van der Waals surface area contributed by atoms with Crippen molar-refractivity contribution < 1.29 is 9.15 Å². The van der Waals surface area contributed by atoms with E-state index in [2.05, 4.69) is 0 Å². The highest BCUT2D eigenvalue weighted by atomic mass is 32.2. The predicted octanol–water partition coefficient (Wildman–Crippen LogP) is 4.82. The van der Waals surface area contributed by atoms with E-state index >= 15 is 0 Å². The van der Waals surface area contributed by atoms with E-state index in [0.29, 0.717) is 23.0 Å². The minimum absolute atomic E-state index is 0.0362. The molecule has 0 amide bonds. The quantitative estimate of drug-likeness (QED) is 0.646. The largest absolute Gasteiger partial charge is 0.462 e. The van der Waals surface area contributed by atoms with Crippen molar-refractivity contribution in [2.24, 2.45) is 0 Å². The number of rotatable bonds is 6. The van der Waals surface area contributed by atoms with Gasteiger partial charge < -0.3 is 9.15 Å². The van der Waals surface area contributed by atoms with Crippen LogP contribution >= 0.6 is 11.8 Å². The molecule has 0 saturated heterocycles. The fourth-order valence-corrected chi connectivity index (χ4v) is 3.21. The van der Waals surface area contributed by atoms with Crippen LogP contribution in [0.15, 0.2) is 85.7 Å². The summed E-state index contributed by atoms with van der Waals surface area (Å²) in [5.74, 6) is 1.17. The highest BCUT2D eigenvalue weighted by Crippen LogP contribution is 2.28. The van der Waals surface area contributed by atoms with Crippen LogP contribution in [0.1, 0.15) is 17.1 Å². The molecule has 0 fully saturated rings. The van der Waals surface area contributed by atoms with Gasteiger partial charge in [0.15, 0.2) is 5.43 Å². The highest BCUT2D eigenvalue weighted by molar-refractivity contribution is 7.99. The molecule has 24 heavy (non-hydrogen) atoms. The fourth-order valence-electron chi connectivity index (χ4n) is 2.30. The molecule has 0 aliphatic carbocycles. The average molecular weight is 338 g/mol. The zero-order valence-corrected chi connectivity index (χ0v) is 14.2. The molecule has 1 heterocycles. The molecule has 0 aliphatic rings. The van der Waals surface area contributed by atoms with E-state index in [1.165, 1.54) is 17.8 Å². The molecule has 4 heteroatoms. The lowest BCUT2D eigenvalue weighted by molar-refractivity contribution is 0.0883. The molecule has 3 rings (SSSR count). The van der Waals surface area contributed by atoms with Gasteiger partial charge in [0, 0.05) is 11.0 Å². The Hall–Kier alpha value is -2.30. The summed E-state index contributed by atoms with van der Waals surface area (Å²) in [6.07, 6.45) is 0. The van der Waals surface area contributed by atoms with Gasteiger partial charge >= 0.3 is 0 Å². The number of hydrogen-bond acceptors (Lipinski definition) is 4. The van der Waals surface area contributed by atoms with Gasteiger partial charge in [-0.3, -0.25) is 4.79 Å². The first-order valence-electron chi connectivity index (χ1n) is 7.70. The Bertz CT molecular complexity index is 842. The normalized spacial score (nSPS) is 10.7. The van der Waals surface area contributed by atoms with Crippen molar-refractivity contribution in [3.63, 3.8) is 0 Å². The molecule has 0 N–H and O–H groups in total. The summed E-state index contributed by atoms with van der Waals surface area (Å²) in [5, 5.41) is 0. The summed E-state index contributed by atoms with van der Waals surface area (Å²) in [6.45, 7) is 2.52. The zero-order chi connectivity index (χ0) is 16.8. The van der Waals surface area contributed by atoms with Crippen LogP contribution in [0.3, 0.4) is 0 Å². The van der Waals surface area contributed by atoms with E-state index in [0.717, 1.165) is 10.5 Å². The summed E-state index contributed by atoms with van der Waals surface area (Å²) in [6, 6.07) is 21.2. The first kappa shape index (κ1) is 16.6. The standard InChI is InChI=1S/C20H18O3S/c1-15-12-18(21)20(24-17-10-6-3-7-11-17)19(23-15)14-22-13-16-8-4-2-5-9-16/h2-12H,13-14H2,1H3. The first-order valence-corrected chi connectivity index (χ1v) is 8.52. The summed E-state index contributed by atoms with van der Waals surface area (Å²) >= 11 is 1.41. The molecule has 0 radical (unpaired) electrons. The molecule has 1 aromatic heterocycles. The van der Waals surface area contributed by atoms with E-state index in [1.54, 1.807) is 6.92 Å². The highest BCUT2D eigenvalue weighted by Gasteiger charge is 2.13. The van der Waals surface area contributed by atoms with E-state index < -0.39 is 0 Å². The Balaban J connectivity index is 1.77. The SMILES string of the molecule is Cc1cc(=O)c(Sc2ccccc2)c(COCc2ccccc2)o1. The lowest BCUT2D eigenvalue weighted by Crippen LogP contribution is -2.08. The zero-order valence-electron chi connectivity index (χ0n) is 13.4. The van der Waals surface area contributed by atoms with Crippen molar-refractivity contribution in [2.45, 2.75) is 29.9 Å². The number of benzene rings is 2. The lowest BCUT2D eigenvalue weighted by atomic mass is 10.2. The summed E-state index contributed by atoms with van der Waals surface area (Å²) in [7, 11) is 0. The van der Waals surface area contributed by atoms with Gasteiger partial charge in [0.1, 0.15) is 23.0 Å². The second-order valence-corrected chi connectivity index (χ2v) is 6.45. The number of aryl methyl sites for hydroxylation is 1. The van der Waals surface area contributed by atoms with Crippen molar-refractivity contribution in [1.82, 2.24) is 0 Å². The Morgan fingerprint density at radius 2 is 1.62 bits per heavy atom. The second kappa shape index (κ2) is 7.99. The van der Waals surface area contributed by atoms with Crippen LogP contribution in [-0.4, -0.2) is 0 Å². The summed E-state index contributed by atoms with van der Waals surface area (Å²) in [5.41, 5.74) is 1.05. The van der Waals surface area contributed by atoms with E-state index in [4.69, 9.17) is 9.15 Å². The molecule has 0 bridgehead atoms. The van der Waals surface area contributed by atoms with Gasteiger partial charge in [0.05, 0.1) is 6.61 Å². The van der Waals surface area contributed by atoms with Crippen molar-refractivity contribution in [3.8, 4) is 0 Å². The molecule has 2 aromatic carbocycles. The topological polar surface area (TPSA) is 39.4 Å². The minimum Gasteiger partial charge on any atom is -0.462 e. The molecule has 0 saturated carbocycles. The summed E-state index contributed by atoms with van der Waals surface area (Å²) in [4.78, 5) is 13.9. The Labute approximate surface area is 145 Å². The number of hydrogen-bond donors (Lipinski definition) is 0. The van der Waals surface area contributed by atoms with E-state index in [-0.39, 0.29) is 12.0 Å². The first-order chi connectivity index (χ1) is 11.7. The van der Waals surface area contributed by atoms with Gasteiger partial charge in [0.2, 0.25) is 0 Å². The lowest BCUT2D eigenvalue weighted by Gasteiger charge is -2.09. The Kier molecular flexibility index (Phi) is 5.51. The van der Waals surface area contributed by atoms with Crippen molar-refractivity contribution in [1.29, 1.82) is 0 Å². The predicted molar refractivity (Wildman–Crippen MR) is 95.2 cm³/mol. The van der Waals surface area contributed by atoms with Crippen LogP contribution < -0.4 is 5.43 Å². The van der Waals surface area contributed by atoms with Crippen LogP contribution in [0.5, 0.6) is 0 Å². The third-order valence-electron chi connectivity index (χ3n) is 3.40. The van der Waals surface area contributed by atoms with Gasteiger partial charge in [0.25, 0.3) is 0 Å². The molecule has 122 valence electrons. The van der Waals surface area contributed by atoms with Gasteiger partial charge in [-0.15, -0.1) is 0 Å². The van der Waals surface area contributed by atoms with Gasteiger partial charge in [-0.25, -0.2) is 0 Å². The molecule has 0 aliphatic heterocycles. The molecule has 0 spiro atoms. The fraction of sp³-hybridized carbons (Fsp3) is 0.150. The molecule has 3 nitrogen and oxygen atoms in total. The molecular formula is C20H18O3S. The maximum atomic E-state index is 12.4.